The quantitative estimate of drug-likeness (QED) is 0.728. The Hall–Kier alpha value is -2.16. The molecule has 0 saturated heterocycles. The van der Waals surface area contributed by atoms with Crippen LogP contribution in [0.15, 0.2) is 41.3 Å². The highest BCUT2D eigenvalue weighted by atomic mass is 35.5. The van der Waals surface area contributed by atoms with Crippen LogP contribution in [0.3, 0.4) is 0 Å². The average Bonchev–Trinajstić information content (AvgIpc) is 2.61. The van der Waals surface area contributed by atoms with Gasteiger partial charge in [-0.25, -0.2) is 17.1 Å². The molecule has 0 heterocycles. The lowest BCUT2D eigenvalue weighted by molar-refractivity contribution is 0.0784. The van der Waals surface area contributed by atoms with E-state index in [9.17, 15) is 17.6 Å². The first-order valence-electron chi connectivity index (χ1n) is 7.88. The van der Waals surface area contributed by atoms with Gasteiger partial charge in [0.1, 0.15) is 4.90 Å². The predicted molar refractivity (Wildman–Crippen MR) is 101 cm³/mol. The summed E-state index contributed by atoms with van der Waals surface area (Å²) in [4.78, 5) is 13.9. The second-order valence-electron chi connectivity index (χ2n) is 6.06. The monoisotopic (exact) mass is 414 g/mol. The van der Waals surface area contributed by atoms with Gasteiger partial charge in [0.15, 0.2) is 11.6 Å². The van der Waals surface area contributed by atoms with Gasteiger partial charge < -0.3 is 9.64 Å². The summed E-state index contributed by atoms with van der Waals surface area (Å²) in [5.41, 5.74) is 0.732. The summed E-state index contributed by atoms with van der Waals surface area (Å²) in [5.74, 6) is -0.830. The maximum absolute atomic E-state index is 13.8. The summed E-state index contributed by atoms with van der Waals surface area (Å²) in [5, 5.41) is 0.0279. The van der Waals surface area contributed by atoms with E-state index in [-0.39, 0.29) is 27.8 Å². The summed E-state index contributed by atoms with van der Waals surface area (Å²) >= 11 is 6.00. The van der Waals surface area contributed by atoms with Gasteiger partial charge in [-0.05, 0) is 35.9 Å². The van der Waals surface area contributed by atoms with Crippen LogP contribution in [-0.2, 0) is 16.6 Å². The lowest BCUT2D eigenvalue weighted by Crippen LogP contribution is -2.27. The molecule has 0 fully saturated rings. The molecule has 2 aromatic rings. The van der Waals surface area contributed by atoms with Crippen molar-refractivity contribution in [2.45, 2.75) is 11.4 Å². The molecule has 146 valence electrons. The van der Waals surface area contributed by atoms with Gasteiger partial charge in [0.05, 0.1) is 12.1 Å². The summed E-state index contributed by atoms with van der Waals surface area (Å²) in [6.07, 6.45) is 0. The molecule has 0 radical (unpaired) electrons. The summed E-state index contributed by atoms with van der Waals surface area (Å²) in [6, 6.07) is 8.47. The number of hydrogen-bond donors (Lipinski definition) is 0. The number of halogens is 2. The number of sulfonamides is 1. The van der Waals surface area contributed by atoms with Gasteiger partial charge in [-0.3, -0.25) is 4.79 Å². The minimum Gasteiger partial charge on any atom is -0.494 e. The molecule has 0 atom stereocenters. The number of amides is 1. The molecule has 0 aliphatic carbocycles. The fraction of sp³-hybridized carbons (Fsp3) is 0.278. The van der Waals surface area contributed by atoms with Crippen LogP contribution in [-0.4, -0.2) is 51.8 Å². The maximum Gasteiger partial charge on any atom is 0.253 e. The van der Waals surface area contributed by atoms with Gasteiger partial charge >= 0.3 is 0 Å². The summed E-state index contributed by atoms with van der Waals surface area (Å²) in [6.45, 7) is 0.137. The largest absolute Gasteiger partial charge is 0.494 e. The Kier molecular flexibility index (Phi) is 6.46. The van der Waals surface area contributed by atoms with E-state index < -0.39 is 21.7 Å². The zero-order valence-electron chi connectivity index (χ0n) is 15.4. The fourth-order valence-electron chi connectivity index (χ4n) is 2.41. The van der Waals surface area contributed by atoms with Crippen LogP contribution in [0, 0.1) is 5.82 Å². The molecule has 1 amide bonds. The molecule has 0 saturated carbocycles. The van der Waals surface area contributed by atoms with Gasteiger partial charge in [-0.1, -0.05) is 17.7 Å². The normalized spacial score (nSPS) is 11.5. The Bertz CT molecular complexity index is 964. The number of benzene rings is 2. The topological polar surface area (TPSA) is 66.9 Å². The third kappa shape index (κ3) is 4.58. The van der Waals surface area contributed by atoms with E-state index >= 15 is 0 Å². The molecule has 0 aromatic heterocycles. The molecule has 0 spiro atoms. The fourth-order valence-corrected chi connectivity index (χ4v) is 3.80. The van der Waals surface area contributed by atoms with E-state index in [0.29, 0.717) is 5.56 Å². The molecule has 2 aromatic carbocycles. The molecule has 6 nitrogen and oxygen atoms in total. The maximum atomic E-state index is 13.8. The molecular formula is C18H20ClFN2O4S. The third-order valence-electron chi connectivity index (χ3n) is 3.92. The van der Waals surface area contributed by atoms with E-state index in [4.69, 9.17) is 16.3 Å². The first-order chi connectivity index (χ1) is 12.6. The van der Waals surface area contributed by atoms with E-state index in [1.165, 1.54) is 56.4 Å². The predicted octanol–water partition coefficient (Wildman–Crippen LogP) is 3.01. The Morgan fingerprint density at radius 1 is 1.15 bits per heavy atom. The smallest absolute Gasteiger partial charge is 0.253 e. The SMILES string of the molecule is COc1ccc(CN(C)C(=O)c2ccc(Cl)c(S(=O)(=O)N(C)C)c2)cc1F. The molecule has 0 bridgehead atoms. The van der Waals surface area contributed by atoms with Gasteiger partial charge in [0.2, 0.25) is 10.0 Å². The molecular weight excluding hydrogens is 395 g/mol. The number of carbonyl (C=O) groups is 1. The second-order valence-corrected chi connectivity index (χ2v) is 8.59. The first kappa shape index (κ1) is 21.1. The van der Waals surface area contributed by atoms with Crippen LogP contribution >= 0.6 is 11.6 Å². The zero-order valence-corrected chi connectivity index (χ0v) is 16.9. The number of rotatable bonds is 6. The van der Waals surface area contributed by atoms with Crippen molar-refractivity contribution < 1.29 is 22.3 Å². The van der Waals surface area contributed by atoms with Crippen molar-refractivity contribution in [1.29, 1.82) is 0 Å². The minimum atomic E-state index is -3.79. The number of carbonyl (C=O) groups excluding carboxylic acids is 1. The second kappa shape index (κ2) is 8.24. The Labute approximate surface area is 163 Å². The number of hydrogen-bond acceptors (Lipinski definition) is 4. The van der Waals surface area contributed by atoms with E-state index in [1.54, 1.807) is 13.1 Å². The van der Waals surface area contributed by atoms with Gasteiger partial charge in [0.25, 0.3) is 5.91 Å². The Morgan fingerprint density at radius 2 is 1.81 bits per heavy atom. The van der Waals surface area contributed by atoms with Crippen LogP contribution in [0.4, 0.5) is 4.39 Å². The number of ether oxygens (including phenoxy) is 1. The van der Waals surface area contributed by atoms with Crippen molar-refractivity contribution in [3.05, 3.63) is 58.4 Å². The van der Waals surface area contributed by atoms with E-state index in [0.717, 1.165) is 4.31 Å². The lowest BCUT2D eigenvalue weighted by Gasteiger charge is -2.19. The van der Waals surface area contributed by atoms with Crippen LogP contribution in [0.2, 0.25) is 5.02 Å². The van der Waals surface area contributed by atoms with E-state index in [1.807, 2.05) is 0 Å². The molecule has 0 N–H and O–H groups in total. The molecule has 9 heteroatoms. The molecule has 27 heavy (non-hydrogen) atoms. The minimum absolute atomic E-state index is 0.0279. The molecule has 0 aliphatic rings. The highest BCUT2D eigenvalue weighted by Gasteiger charge is 2.23. The van der Waals surface area contributed by atoms with Gasteiger partial charge in [0, 0.05) is 33.3 Å². The third-order valence-corrected chi connectivity index (χ3v) is 6.22. The Balaban J connectivity index is 2.28. The van der Waals surface area contributed by atoms with Crippen molar-refractivity contribution in [2.75, 3.05) is 28.3 Å². The highest BCUT2D eigenvalue weighted by molar-refractivity contribution is 7.89. The van der Waals surface area contributed by atoms with Crippen molar-refractivity contribution in [3.63, 3.8) is 0 Å². The highest BCUT2D eigenvalue weighted by Crippen LogP contribution is 2.25. The number of nitrogens with zero attached hydrogens (tertiary/aromatic N) is 2. The summed E-state index contributed by atoms with van der Waals surface area (Å²) < 4.78 is 44.4. The lowest BCUT2D eigenvalue weighted by atomic mass is 10.1. The first-order valence-corrected chi connectivity index (χ1v) is 9.69. The average molecular weight is 415 g/mol. The van der Waals surface area contributed by atoms with Crippen molar-refractivity contribution >= 4 is 27.5 Å². The van der Waals surface area contributed by atoms with E-state index in [2.05, 4.69) is 0 Å². The number of methoxy groups -OCH3 is 1. The van der Waals surface area contributed by atoms with Crippen molar-refractivity contribution in [2.24, 2.45) is 0 Å². The zero-order chi connectivity index (χ0) is 20.4. The molecule has 0 unspecified atom stereocenters. The van der Waals surface area contributed by atoms with Crippen LogP contribution in [0.1, 0.15) is 15.9 Å². The van der Waals surface area contributed by atoms with Crippen molar-refractivity contribution in [3.8, 4) is 5.75 Å². The molecule has 2 rings (SSSR count). The van der Waals surface area contributed by atoms with Gasteiger partial charge in [-0.15, -0.1) is 0 Å². The molecule has 0 aliphatic heterocycles. The van der Waals surface area contributed by atoms with Gasteiger partial charge in [-0.2, -0.15) is 0 Å². The van der Waals surface area contributed by atoms with Crippen LogP contribution in [0.25, 0.3) is 0 Å². The summed E-state index contributed by atoms with van der Waals surface area (Å²) in [7, 11) is 1.87. The Morgan fingerprint density at radius 3 is 2.37 bits per heavy atom. The standard InChI is InChI=1S/C18H20ClFN2O4S/c1-21(2)27(24,25)17-10-13(6-7-14(17)19)18(23)22(3)11-12-5-8-16(26-4)15(20)9-12/h5-10H,11H2,1-4H3. The van der Waals surface area contributed by atoms with Crippen LogP contribution < -0.4 is 4.74 Å². The van der Waals surface area contributed by atoms with Crippen LogP contribution in [0.5, 0.6) is 5.75 Å². The van der Waals surface area contributed by atoms with Crippen molar-refractivity contribution in [1.82, 2.24) is 9.21 Å².